The molecule has 3 aliphatic heterocycles. The molecule has 8 nitrogen and oxygen atoms in total. The molecular weight excluding hydrogens is 412 g/mol. The molecule has 8 heteroatoms. The van der Waals surface area contributed by atoms with Gasteiger partial charge < -0.3 is 24.8 Å². The molecule has 1 saturated carbocycles. The molecular formula is C24H38N2O6. The summed E-state index contributed by atoms with van der Waals surface area (Å²) in [5.74, 6) is -2.07. The van der Waals surface area contributed by atoms with Crippen LogP contribution in [0.4, 0.5) is 0 Å². The maximum Gasteiger partial charge on any atom is 0.312 e. The lowest BCUT2D eigenvalue weighted by Crippen LogP contribution is -2.59. The molecule has 180 valence electrons. The van der Waals surface area contributed by atoms with Crippen molar-refractivity contribution in [1.29, 1.82) is 0 Å². The van der Waals surface area contributed by atoms with Gasteiger partial charge >= 0.3 is 5.97 Å². The number of esters is 1. The van der Waals surface area contributed by atoms with Crippen LogP contribution in [-0.2, 0) is 23.9 Å². The molecule has 4 fully saturated rings. The fraction of sp³-hybridized carbons (Fsp3) is 0.875. The van der Waals surface area contributed by atoms with E-state index in [4.69, 9.17) is 9.47 Å². The van der Waals surface area contributed by atoms with Crippen molar-refractivity contribution in [2.24, 2.45) is 17.8 Å². The van der Waals surface area contributed by atoms with E-state index in [0.29, 0.717) is 19.3 Å². The minimum absolute atomic E-state index is 0.0979. The van der Waals surface area contributed by atoms with Crippen molar-refractivity contribution in [1.82, 2.24) is 10.2 Å². The highest BCUT2D eigenvalue weighted by Gasteiger charge is 2.75. The van der Waals surface area contributed by atoms with E-state index >= 15 is 0 Å². The smallest absolute Gasteiger partial charge is 0.312 e. The Hall–Kier alpha value is -1.67. The highest BCUT2D eigenvalue weighted by molar-refractivity contribution is 5.98. The summed E-state index contributed by atoms with van der Waals surface area (Å²) >= 11 is 0. The molecule has 3 heterocycles. The number of hydrogen-bond acceptors (Lipinski definition) is 6. The minimum atomic E-state index is -1.03. The SMILES string of the molecule is CCOC(=O)[C@@H]1[C@H]2C(=O)N([C@@H](CO)CC(C)C)[C@H](C(=O)NC3CCCCC3)[C@]23CC[C@H]1O3. The molecule has 2 N–H and O–H groups in total. The van der Waals surface area contributed by atoms with Gasteiger partial charge in [0.05, 0.1) is 37.2 Å². The quantitative estimate of drug-likeness (QED) is 0.546. The number of amides is 2. The van der Waals surface area contributed by atoms with Crippen LogP contribution >= 0.6 is 0 Å². The zero-order valence-corrected chi connectivity index (χ0v) is 19.5. The third-order valence-corrected chi connectivity index (χ3v) is 7.84. The lowest BCUT2D eigenvalue weighted by Gasteiger charge is -2.38. The Morgan fingerprint density at radius 1 is 1.25 bits per heavy atom. The minimum Gasteiger partial charge on any atom is -0.466 e. The van der Waals surface area contributed by atoms with Gasteiger partial charge in [0.15, 0.2) is 0 Å². The van der Waals surface area contributed by atoms with E-state index in [2.05, 4.69) is 5.32 Å². The molecule has 1 aliphatic carbocycles. The molecule has 0 aromatic carbocycles. The Balaban J connectivity index is 1.69. The lowest BCUT2D eigenvalue weighted by molar-refractivity contribution is -0.155. The first-order chi connectivity index (χ1) is 15.3. The highest BCUT2D eigenvalue weighted by atomic mass is 16.6. The number of nitrogens with one attached hydrogen (secondary N) is 1. The van der Waals surface area contributed by atoms with Crippen LogP contribution in [0.25, 0.3) is 0 Å². The average molecular weight is 451 g/mol. The van der Waals surface area contributed by atoms with Gasteiger partial charge in [0.25, 0.3) is 0 Å². The Labute approximate surface area is 190 Å². The van der Waals surface area contributed by atoms with E-state index < -0.39 is 41.6 Å². The van der Waals surface area contributed by atoms with Crippen LogP contribution in [0.5, 0.6) is 0 Å². The monoisotopic (exact) mass is 450 g/mol. The predicted molar refractivity (Wildman–Crippen MR) is 116 cm³/mol. The van der Waals surface area contributed by atoms with Gasteiger partial charge in [-0.15, -0.1) is 0 Å². The molecule has 2 amide bonds. The molecule has 0 unspecified atom stereocenters. The number of likely N-dealkylation sites (tertiary alicyclic amines) is 1. The summed E-state index contributed by atoms with van der Waals surface area (Å²) in [7, 11) is 0. The number of aliphatic hydroxyl groups excluding tert-OH is 1. The van der Waals surface area contributed by atoms with E-state index in [1.807, 2.05) is 13.8 Å². The lowest BCUT2D eigenvalue weighted by atomic mass is 9.70. The Morgan fingerprint density at radius 2 is 1.97 bits per heavy atom. The first-order valence-electron chi connectivity index (χ1n) is 12.4. The largest absolute Gasteiger partial charge is 0.466 e. The molecule has 0 aromatic rings. The van der Waals surface area contributed by atoms with E-state index in [1.165, 1.54) is 6.42 Å². The third kappa shape index (κ3) is 3.83. The van der Waals surface area contributed by atoms with Gasteiger partial charge in [0, 0.05) is 6.04 Å². The number of hydrogen-bond donors (Lipinski definition) is 2. The molecule has 3 saturated heterocycles. The van der Waals surface area contributed by atoms with E-state index in [1.54, 1.807) is 11.8 Å². The first kappa shape index (κ1) is 23.5. The molecule has 1 spiro atoms. The van der Waals surface area contributed by atoms with Gasteiger partial charge in [0.1, 0.15) is 11.6 Å². The van der Waals surface area contributed by atoms with E-state index in [0.717, 1.165) is 25.7 Å². The number of carbonyl (C=O) groups is 3. The van der Waals surface area contributed by atoms with Crippen LogP contribution in [0.2, 0.25) is 0 Å². The van der Waals surface area contributed by atoms with Crippen LogP contribution in [0.1, 0.15) is 72.1 Å². The summed E-state index contributed by atoms with van der Waals surface area (Å²) in [4.78, 5) is 41.9. The van der Waals surface area contributed by atoms with Crippen LogP contribution in [-0.4, -0.2) is 70.8 Å². The zero-order chi connectivity index (χ0) is 23.0. The van der Waals surface area contributed by atoms with Crippen LogP contribution < -0.4 is 5.32 Å². The maximum absolute atomic E-state index is 13.8. The maximum atomic E-state index is 13.8. The second-order valence-corrected chi connectivity index (χ2v) is 10.4. The van der Waals surface area contributed by atoms with Gasteiger partial charge in [-0.25, -0.2) is 0 Å². The van der Waals surface area contributed by atoms with E-state index in [9.17, 15) is 19.5 Å². The normalized spacial score (nSPS) is 35.3. The van der Waals surface area contributed by atoms with Crippen LogP contribution in [0, 0.1) is 17.8 Å². The van der Waals surface area contributed by atoms with Gasteiger partial charge in [-0.3, -0.25) is 14.4 Å². The molecule has 0 radical (unpaired) electrons. The summed E-state index contributed by atoms with van der Waals surface area (Å²) in [6, 6.07) is -1.22. The second-order valence-electron chi connectivity index (χ2n) is 10.4. The van der Waals surface area contributed by atoms with Gasteiger partial charge in [-0.05, 0) is 44.9 Å². The molecule has 4 rings (SSSR count). The van der Waals surface area contributed by atoms with Gasteiger partial charge in [-0.1, -0.05) is 33.1 Å². The number of aliphatic hydroxyl groups is 1. The van der Waals surface area contributed by atoms with Crippen molar-refractivity contribution < 1.29 is 29.0 Å². The first-order valence-corrected chi connectivity index (χ1v) is 12.4. The second kappa shape index (κ2) is 9.29. The van der Waals surface area contributed by atoms with Crippen molar-refractivity contribution in [2.45, 2.75) is 102 Å². The summed E-state index contributed by atoms with van der Waals surface area (Å²) in [5.41, 5.74) is -1.03. The van der Waals surface area contributed by atoms with Crippen molar-refractivity contribution in [2.75, 3.05) is 13.2 Å². The third-order valence-electron chi connectivity index (χ3n) is 7.84. The van der Waals surface area contributed by atoms with Gasteiger partial charge in [0.2, 0.25) is 11.8 Å². The number of rotatable bonds is 8. The summed E-state index contributed by atoms with van der Waals surface area (Å²) < 4.78 is 11.7. The number of nitrogens with zero attached hydrogens (tertiary/aromatic N) is 1. The fourth-order valence-electron chi connectivity index (χ4n) is 6.64. The van der Waals surface area contributed by atoms with Crippen molar-refractivity contribution >= 4 is 17.8 Å². The molecule has 0 aromatic heterocycles. The summed E-state index contributed by atoms with van der Waals surface area (Å²) in [5, 5.41) is 13.4. The Kier molecular flexibility index (Phi) is 6.82. The fourth-order valence-corrected chi connectivity index (χ4v) is 6.64. The molecule has 2 bridgehead atoms. The van der Waals surface area contributed by atoms with Crippen molar-refractivity contribution in [3.63, 3.8) is 0 Å². The predicted octanol–water partition coefficient (Wildman–Crippen LogP) is 1.78. The highest BCUT2D eigenvalue weighted by Crippen LogP contribution is 2.59. The standard InChI is InChI=1S/C24H38N2O6/c1-4-31-23(30)18-17-10-11-24(32-17)19(18)22(29)26(16(13-27)12-14(2)3)20(24)21(28)25-15-8-6-5-7-9-15/h14-20,27H,4-13H2,1-3H3,(H,25,28)/t16-,17-,18+,19+,20-,24+/m1/s1. The Bertz CT molecular complexity index is 736. The van der Waals surface area contributed by atoms with Gasteiger partial charge in [-0.2, -0.15) is 0 Å². The van der Waals surface area contributed by atoms with Crippen molar-refractivity contribution in [3.8, 4) is 0 Å². The van der Waals surface area contributed by atoms with Crippen molar-refractivity contribution in [3.05, 3.63) is 0 Å². The average Bonchev–Trinajstić information content (AvgIpc) is 3.40. The Morgan fingerprint density at radius 3 is 2.59 bits per heavy atom. The molecule has 4 aliphatic rings. The van der Waals surface area contributed by atoms with E-state index in [-0.39, 0.29) is 37.0 Å². The van der Waals surface area contributed by atoms with Crippen LogP contribution in [0.3, 0.4) is 0 Å². The zero-order valence-electron chi connectivity index (χ0n) is 19.5. The molecule has 32 heavy (non-hydrogen) atoms. The summed E-state index contributed by atoms with van der Waals surface area (Å²) in [6.45, 7) is 5.81. The summed E-state index contributed by atoms with van der Waals surface area (Å²) in [6.07, 6.45) is 6.59. The number of carbonyl (C=O) groups excluding carboxylic acids is 3. The number of fused-ring (bicyclic) bond motifs is 1. The molecule has 6 atom stereocenters. The topological polar surface area (TPSA) is 105 Å². The number of ether oxygens (including phenoxy) is 2. The van der Waals surface area contributed by atoms with Crippen LogP contribution in [0.15, 0.2) is 0 Å².